The first-order valence-corrected chi connectivity index (χ1v) is 6.69. The Balaban J connectivity index is 2.11. The lowest BCUT2D eigenvalue weighted by molar-refractivity contribution is 0.0692. The van der Waals surface area contributed by atoms with Gasteiger partial charge in [0.2, 0.25) is 0 Å². The number of pyridine rings is 1. The molecule has 0 aliphatic heterocycles. The van der Waals surface area contributed by atoms with E-state index in [1.165, 1.54) is 23.9 Å². The second kappa shape index (κ2) is 6.04. The maximum atomic E-state index is 13.5. The molecule has 2 rings (SSSR count). The zero-order valence-electron chi connectivity index (χ0n) is 9.64. The van der Waals surface area contributed by atoms with Crippen LogP contribution < -0.4 is 0 Å². The van der Waals surface area contributed by atoms with Crippen LogP contribution in [0.2, 0.25) is 5.02 Å². The highest BCUT2D eigenvalue weighted by atomic mass is 35.5. The summed E-state index contributed by atoms with van der Waals surface area (Å²) in [7, 11) is 0. The van der Waals surface area contributed by atoms with E-state index in [0.717, 1.165) is 0 Å². The van der Waals surface area contributed by atoms with Crippen molar-refractivity contribution in [2.24, 2.45) is 0 Å². The quantitative estimate of drug-likeness (QED) is 0.871. The lowest BCUT2D eigenvalue weighted by Crippen LogP contribution is -2.00. The molecule has 0 spiro atoms. The molecule has 0 fully saturated rings. The van der Waals surface area contributed by atoms with Crippen LogP contribution in [-0.2, 0) is 5.75 Å². The lowest BCUT2D eigenvalue weighted by atomic mass is 10.1. The van der Waals surface area contributed by atoms with E-state index in [9.17, 15) is 9.18 Å². The van der Waals surface area contributed by atoms with Gasteiger partial charge in [0.25, 0.3) is 0 Å². The average Bonchev–Trinajstić information content (AvgIpc) is 2.37. The van der Waals surface area contributed by atoms with Gasteiger partial charge in [-0.05, 0) is 29.8 Å². The minimum Gasteiger partial charge on any atom is -0.478 e. The van der Waals surface area contributed by atoms with Crippen molar-refractivity contribution >= 4 is 29.3 Å². The Morgan fingerprint density at radius 3 is 2.84 bits per heavy atom. The minimum absolute atomic E-state index is 0.329. The number of halogens is 2. The number of aromatic carboxylic acids is 1. The van der Waals surface area contributed by atoms with E-state index in [1.807, 2.05) is 0 Å². The number of hydrogen-bond acceptors (Lipinski definition) is 3. The highest BCUT2D eigenvalue weighted by molar-refractivity contribution is 7.98. The Hall–Kier alpha value is -1.59. The molecule has 0 amide bonds. The summed E-state index contributed by atoms with van der Waals surface area (Å²) >= 11 is 7.32. The second-order valence-corrected chi connectivity index (χ2v) is 5.07. The maximum absolute atomic E-state index is 13.5. The molecule has 0 atom stereocenters. The zero-order chi connectivity index (χ0) is 13.8. The van der Waals surface area contributed by atoms with Crippen LogP contribution >= 0.6 is 23.4 Å². The molecule has 0 aliphatic rings. The summed E-state index contributed by atoms with van der Waals surface area (Å²) in [4.78, 5) is 14.8. The fraction of sp³-hybridized carbons (Fsp3) is 0.0769. The summed E-state index contributed by atoms with van der Waals surface area (Å²) in [6.45, 7) is 0. The van der Waals surface area contributed by atoms with Crippen LogP contribution in [0.3, 0.4) is 0 Å². The molecule has 2 aromatic rings. The van der Waals surface area contributed by atoms with Crippen molar-refractivity contribution in [2.45, 2.75) is 10.8 Å². The Morgan fingerprint density at radius 2 is 2.21 bits per heavy atom. The summed E-state index contributed by atoms with van der Waals surface area (Å²) in [5.74, 6) is -1.55. The Kier molecular flexibility index (Phi) is 4.39. The van der Waals surface area contributed by atoms with Gasteiger partial charge in [0.1, 0.15) is 10.8 Å². The monoisotopic (exact) mass is 297 g/mol. The first-order valence-electron chi connectivity index (χ1n) is 5.33. The predicted molar refractivity (Wildman–Crippen MR) is 72.2 cm³/mol. The summed E-state index contributed by atoms with van der Waals surface area (Å²) < 4.78 is 13.5. The number of carbonyl (C=O) groups is 1. The molecule has 0 unspecified atom stereocenters. The summed E-state index contributed by atoms with van der Waals surface area (Å²) in [5, 5.41) is 9.92. The van der Waals surface area contributed by atoms with E-state index in [0.29, 0.717) is 21.4 Å². The van der Waals surface area contributed by atoms with Crippen molar-refractivity contribution < 1.29 is 14.3 Å². The Labute approximate surface area is 118 Å². The largest absolute Gasteiger partial charge is 0.478 e. The van der Waals surface area contributed by atoms with Gasteiger partial charge < -0.3 is 5.11 Å². The highest BCUT2D eigenvalue weighted by Gasteiger charge is 2.11. The van der Waals surface area contributed by atoms with Gasteiger partial charge >= 0.3 is 5.97 Å². The number of hydrogen-bond donors (Lipinski definition) is 1. The van der Waals surface area contributed by atoms with Gasteiger partial charge in [-0.25, -0.2) is 14.2 Å². The molecule has 0 saturated carbocycles. The van der Waals surface area contributed by atoms with Crippen LogP contribution in [0.15, 0.2) is 41.6 Å². The van der Waals surface area contributed by atoms with Gasteiger partial charge in [0.15, 0.2) is 0 Å². The van der Waals surface area contributed by atoms with Crippen LogP contribution in [-0.4, -0.2) is 16.1 Å². The highest BCUT2D eigenvalue weighted by Crippen LogP contribution is 2.27. The van der Waals surface area contributed by atoms with E-state index in [1.54, 1.807) is 24.4 Å². The minimum atomic E-state index is -1.27. The van der Waals surface area contributed by atoms with Crippen molar-refractivity contribution in [3.8, 4) is 0 Å². The number of nitrogens with zero attached hydrogens (tertiary/aromatic N) is 1. The Morgan fingerprint density at radius 1 is 1.42 bits per heavy atom. The number of thioether (sulfide) groups is 1. The van der Waals surface area contributed by atoms with E-state index >= 15 is 0 Å². The van der Waals surface area contributed by atoms with Crippen LogP contribution in [0, 0.1) is 5.82 Å². The predicted octanol–water partition coefficient (Wildman–Crippen LogP) is 3.86. The van der Waals surface area contributed by atoms with E-state index in [2.05, 4.69) is 4.98 Å². The maximum Gasteiger partial charge on any atom is 0.338 e. The molecular weight excluding hydrogens is 289 g/mol. The molecule has 0 bridgehead atoms. The molecule has 98 valence electrons. The average molecular weight is 298 g/mol. The van der Waals surface area contributed by atoms with Crippen LogP contribution in [0.1, 0.15) is 15.9 Å². The summed E-state index contributed by atoms with van der Waals surface area (Å²) in [5.41, 5.74) is 0.346. The van der Waals surface area contributed by atoms with Crippen molar-refractivity contribution in [3.05, 3.63) is 58.5 Å². The zero-order valence-corrected chi connectivity index (χ0v) is 11.2. The number of benzene rings is 1. The van der Waals surface area contributed by atoms with Crippen LogP contribution in [0.5, 0.6) is 0 Å². The standard InChI is InChI=1S/C13H9ClFNO2S/c14-10-2-1-5-16-12(10)19-7-8-3-4-9(13(17)18)11(15)6-8/h1-6H,7H2,(H,17,18). The van der Waals surface area contributed by atoms with Gasteiger partial charge in [-0.3, -0.25) is 0 Å². The molecule has 19 heavy (non-hydrogen) atoms. The van der Waals surface area contributed by atoms with Crippen molar-refractivity contribution in [1.29, 1.82) is 0 Å². The lowest BCUT2D eigenvalue weighted by Gasteiger charge is -2.04. The number of rotatable bonds is 4. The third kappa shape index (κ3) is 3.45. The molecule has 0 aliphatic carbocycles. The smallest absolute Gasteiger partial charge is 0.338 e. The molecule has 1 N–H and O–H groups in total. The molecular formula is C13H9ClFNO2S. The van der Waals surface area contributed by atoms with Gasteiger partial charge in [0.05, 0.1) is 10.6 Å². The number of carboxylic acids is 1. The van der Waals surface area contributed by atoms with E-state index in [4.69, 9.17) is 16.7 Å². The fourth-order valence-electron chi connectivity index (χ4n) is 1.45. The summed E-state index contributed by atoms with van der Waals surface area (Å²) in [6.07, 6.45) is 1.63. The first-order chi connectivity index (χ1) is 9.08. The molecule has 1 heterocycles. The van der Waals surface area contributed by atoms with Crippen molar-refractivity contribution in [3.63, 3.8) is 0 Å². The number of aromatic nitrogens is 1. The molecule has 0 radical (unpaired) electrons. The molecule has 6 heteroatoms. The number of carboxylic acid groups (broad SMARTS) is 1. The first kappa shape index (κ1) is 13.8. The van der Waals surface area contributed by atoms with Gasteiger partial charge in [-0.1, -0.05) is 17.7 Å². The fourth-order valence-corrected chi connectivity index (χ4v) is 2.56. The Bertz CT molecular complexity index is 621. The molecule has 0 saturated heterocycles. The van der Waals surface area contributed by atoms with E-state index < -0.39 is 11.8 Å². The molecule has 3 nitrogen and oxygen atoms in total. The normalized spacial score (nSPS) is 10.4. The topological polar surface area (TPSA) is 50.2 Å². The van der Waals surface area contributed by atoms with Crippen molar-refractivity contribution in [2.75, 3.05) is 0 Å². The summed E-state index contributed by atoms with van der Waals surface area (Å²) in [6, 6.07) is 7.51. The van der Waals surface area contributed by atoms with Crippen LogP contribution in [0.25, 0.3) is 0 Å². The second-order valence-electron chi connectivity index (χ2n) is 3.70. The third-order valence-electron chi connectivity index (χ3n) is 2.36. The van der Waals surface area contributed by atoms with Gasteiger partial charge in [-0.15, -0.1) is 11.8 Å². The molecule has 1 aromatic carbocycles. The van der Waals surface area contributed by atoms with Gasteiger partial charge in [0, 0.05) is 11.9 Å². The van der Waals surface area contributed by atoms with Crippen molar-refractivity contribution in [1.82, 2.24) is 4.98 Å². The van der Waals surface area contributed by atoms with Gasteiger partial charge in [-0.2, -0.15) is 0 Å². The van der Waals surface area contributed by atoms with E-state index in [-0.39, 0.29) is 5.56 Å². The molecule has 1 aromatic heterocycles. The SMILES string of the molecule is O=C(O)c1ccc(CSc2ncccc2Cl)cc1F. The van der Waals surface area contributed by atoms with Crippen LogP contribution in [0.4, 0.5) is 4.39 Å². The third-order valence-corrected chi connectivity index (χ3v) is 3.86.